The Balaban J connectivity index is 0.000000136. The van der Waals surface area contributed by atoms with Gasteiger partial charge in [0.05, 0.1) is 5.69 Å². The molecule has 0 amide bonds. The Labute approximate surface area is 217 Å². The van der Waals surface area contributed by atoms with Crippen LogP contribution in [-0.2, 0) is 14.1 Å². The molecule has 6 aromatic rings. The largest absolute Gasteiger partial charge is 0.351 e. The van der Waals surface area contributed by atoms with Crippen molar-refractivity contribution < 1.29 is 0 Å². The van der Waals surface area contributed by atoms with Crippen LogP contribution >= 0.6 is 34.8 Å². The van der Waals surface area contributed by atoms with Crippen LogP contribution in [0.1, 0.15) is 0 Å². The molecule has 0 fully saturated rings. The molecule has 0 unspecified atom stereocenters. The number of aromatic nitrogens is 6. The van der Waals surface area contributed by atoms with E-state index in [1.54, 1.807) is 6.07 Å². The number of halogens is 3. The molecule has 4 aromatic heterocycles. The van der Waals surface area contributed by atoms with Gasteiger partial charge >= 0.3 is 0 Å². The lowest BCUT2D eigenvalue weighted by molar-refractivity contribution is 0.969. The molecule has 176 valence electrons. The Morgan fingerprint density at radius 1 is 0.629 bits per heavy atom. The zero-order valence-corrected chi connectivity index (χ0v) is 21.2. The number of para-hydroxylation sites is 2. The second-order valence-electron chi connectivity index (χ2n) is 7.55. The fraction of sp³-hybridized carbons (Fsp3) is 0.0769. The van der Waals surface area contributed by atoms with Crippen molar-refractivity contribution in [2.75, 3.05) is 0 Å². The fourth-order valence-electron chi connectivity index (χ4n) is 3.56. The lowest BCUT2D eigenvalue weighted by Gasteiger charge is -1.98. The summed E-state index contributed by atoms with van der Waals surface area (Å²) in [5.74, 6) is 0. The van der Waals surface area contributed by atoms with E-state index >= 15 is 0 Å². The third-order valence-corrected chi connectivity index (χ3v) is 5.82. The molecule has 9 heteroatoms. The molecule has 0 saturated carbocycles. The molecule has 6 rings (SSSR count). The van der Waals surface area contributed by atoms with E-state index in [1.807, 2.05) is 19.2 Å². The van der Waals surface area contributed by atoms with Crippen molar-refractivity contribution >= 4 is 56.6 Å². The predicted molar refractivity (Wildman–Crippen MR) is 144 cm³/mol. The summed E-state index contributed by atoms with van der Waals surface area (Å²) >= 11 is 16.7. The fourth-order valence-corrected chi connectivity index (χ4v) is 4.06. The van der Waals surface area contributed by atoms with Crippen LogP contribution < -0.4 is 0 Å². The second kappa shape index (κ2) is 11.3. The highest BCUT2D eigenvalue weighted by Gasteiger charge is 2.09. The molecule has 0 N–H and O–H groups in total. The van der Waals surface area contributed by atoms with Crippen molar-refractivity contribution in [3.63, 3.8) is 0 Å². The van der Waals surface area contributed by atoms with E-state index in [1.165, 1.54) is 40.5 Å². The standard InChI is InChI=1S/C13H10ClN3.C9H9N.C4H2Cl2N2/c1-17-7-10(9-4-2-3-5-12(9)17)11-6-13(14)16-8-15-11;1-10-7-6-8-4-2-3-5-9(8)10;5-3-1-4(6)8-2-7-3/h2-8H,1H3;2-7H,1H3;1-2H. The first-order valence-corrected chi connectivity index (χ1v) is 11.7. The Kier molecular flexibility index (Phi) is 7.98. The minimum Gasteiger partial charge on any atom is -0.351 e. The van der Waals surface area contributed by atoms with Crippen molar-refractivity contribution in [1.29, 1.82) is 0 Å². The molecule has 0 aliphatic rings. The van der Waals surface area contributed by atoms with Crippen molar-refractivity contribution in [3.05, 3.63) is 107 Å². The van der Waals surface area contributed by atoms with Crippen LogP contribution in [0.15, 0.2) is 91.8 Å². The average molecular weight is 524 g/mol. The number of hydrogen-bond donors (Lipinski definition) is 0. The third kappa shape index (κ3) is 6.17. The zero-order chi connectivity index (χ0) is 24.8. The number of nitrogens with zero attached hydrogens (tertiary/aromatic N) is 6. The van der Waals surface area contributed by atoms with Gasteiger partial charge in [0.2, 0.25) is 0 Å². The van der Waals surface area contributed by atoms with Crippen LogP contribution in [0.25, 0.3) is 33.1 Å². The zero-order valence-electron chi connectivity index (χ0n) is 19.0. The minimum absolute atomic E-state index is 0.366. The number of benzene rings is 2. The molecule has 0 spiro atoms. The highest BCUT2D eigenvalue weighted by Crippen LogP contribution is 2.29. The summed E-state index contributed by atoms with van der Waals surface area (Å²) in [7, 11) is 4.08. The summed E-state index contributed by atoms with van der Waals surface area (Å²) in [6.45, 7) is 0. The summed E-state index contributed by atoms with van der Waals surface area (Å²) in [6, 6.07) is 22.0. The van der Waals surface area contributed by atoms with Gasteiger partial charge in [0.15, 0.2) is 0 Å². The van der Waals surface area contributed by atoms with Gasteiger partial charge in [-0.25, -0.2) is 19.9 Å². The summed E-state index contributed by atoms with van der Waals surface area (Å²) in [6.07, 6.45) is 6.93. The topological polar surface area (TPSA) is 61.4 Å². The summed E-state index contributed by atoms with van der Waals surface area (Å²) in [4.78, 5) is 15.4. The van der Waals surface area contributed by atoms with E-state index < -0.39 is 0 Å². The first kappa shape index (κ1) is 24.7. The van der Waals surface area contributed by atoms with Crippen LogP contribution in [0, 0.1) is 0 Å². The normalized spacial score (nSPS) is 10.4. The van der Waals surface area contributed by atoms with Gasteiger partial charge in [-0.05, 0) is 23.6 Å². The summed E-state index contributed by atoms with van der Waals surface area (Å²) in [5.41, 5.74) is 4.40. The second-order valence-corrected chi connectivity index (χ2v) is 8.71. The van der Waals surface area contributed by atoms with E-state index in [4.69, 9.17) is 34.8 Å². The number of rotatable bonds is 1. The van der Waals surface area contributed by atoms with Gasteiger partial charge in [-0.2, -0.15) is 0 Å². The van der Waals surface area contributed by atoms with Crippen molar-refractivity contribution in [2.24, 2.45) is 14.1 Å². The maximum absolute atomic E-state index is 5.89. The Bertz CT molecular complexity index is 1560. The maximum atomic E-state index is 5.89. The number of aryl methyl sites for hydroxylation is 2. The molecule has 0 saturated heterocycles. The van der Waals surface area contributed by atoms with Crippen molar-refractivity contribution in [2.45, 2.75) is 0 Å². The van der Waals surface area contributed by atoms with Gasteiger partial charge in [-0.3, -0.25) is 0 Å². The predicted octanol–water partition coefficient (Wildman–Crippen LogP) is 7.25. The summed E-state index contributed by atoms with van der Waals surface area (Å²) in [5, 5.41) is 3.67. The molecular weight excluding hydrogens is 503 g/mol. The molecule has 0 aliphatic heterocycles. The van der Waals surface area contributed by atoms with Gasteiger partial charge in [0, 0.05) is 60.6 Å². The SMILES string of the molecule is Clc1cc(Cl)ncn1.Cn1cc(-c2cc(Cl)ncn2)c2ccccc21.Cn1ccc2ccccc21. The van der Waals surface area contributed by atoms with Crippen molar-refractivity contribution in [3.8, 4) is 11.3 Å². The van der Waals surface area contributed by atoms with E-state index in [9.17, 15) is 0 Å². The van der Waals surface area contributed by atoms with E-state index in [-0.39, 0.29) is 0 Å². The molecule has 0 bridgehead atoms. The van der Waals surface area contributed by atoms with Crippen LogP contribution in [0.2, 0.25) is 15.5 Å². The molecule has 0 aliphatic carbocycles. The molecule has 0 radical (unpaired) electrons. The lowest BCUT2D eigenvalue weighted by Crippen LogP contribution is -1.84. The molecule has 2 aromatic carbocycles. The van der Waals surface area contributed by atoms with Crippen LogP contribution in [0.3, 0.4) is 0 Å². The van der Waals surface area contributed by atoms with Gasteiger partial charge < -0.3 is 9.13 Å². The van der Waals surface area contributed by atoms with Crippen LogP contribution in [0.4, 0.5) is 0 Å². The van der Waals surface area contributed by atoms with Gasteiger partial charge in [-0.15, -0.1) is 0 Å². The molecular formula is C26H21Cl3N6. The first-order valence-electron chi connectivity index (χ1n) is 10.6. The quantitative estimate of drug-likeness (QED) is 0.213. The van der Waals surface area contributed by atoms with Gasteiger partial charge in [0.1, 0.15) is 28.1 Å². The Morgan fingerprint density at radius 2 is 1.23 bits per heavy atom. The van der Waals surface area contributed by atoms with Gasteiger partial charge in [0.25, 0.3) is 0 Å². The number of hydrogen-bond acceptors (Lipinski definition) is 4. The maximum Gasteiger partial charge on any atom is 0.133 e. The first-order chi connectivity index (χ1) is 16.9. The molecule has 6 nitrogen and oxygen atoms in total. The molecule has 0 atom stereocenters. The van der Waals surface area contributed by atoms with Crippen LogP contribution in [0.5, 0.6) is 0 Å². The highest BCUT2D eigenvalue weighted by atomic mass is 35.5. The lowest BCUT2D eigenvalue weighted by atomic mass is 10.1. The van der Waals surface area contributed by atoms with Gasteiger partial charge in [-0.1, -0.05) is 71.2 Å². The minimum atomic E-state index is 0.366. The Hall–Kier alpha value is -3.45. The average Bonchev–Trinajstić information content (AvgIpc) is 3.40. The third-order valence-electron chi connectivity index (χ3n) is 5.20. The number of fused-ring (bicyclic) bond motifs is 2. The molecule has 35 heavy (non-hydrogen) atoms. The van der Waals surface area contributed by atoms with Crippen molar-refractivity contribution in [1.82, 2.24) is 29.1 Å². The smallest absolute Gasteiger partial charge is 0.133 e. The highest BCUT2D eigenvalue weighted by molar-refractivity contribution is 6.33. The monoisotopic (exact) mass is 522 g/mol. The Morgan fingerprint density at radius 3 is 1.86 bits per heavy atom. The summed E-state index contributed by atoms with van der Waals surface area (Å²) < 4.78 is 4.20. The van der Waals surface area contributed by atoms with Crippen LogP contribution in [-0.4, -0.2) is 29.1 Å². The van der Waals surface area contributed by atoms with E-state index in [2.05, 4.69) is 91.0 Å². The van der Waals surface area contributed by atoms with E-state index in [0.29, 0.717) is 15.5 Å². The molecule has 4 heterocycles. The van der Waals surface area contributed by atoms with E-state index in [0.717, 1.165) is 11.3 Å².